The monoisotopic (exact) mass is 318 g/mol. The Morgan fingerprint density at radius 2 is 2.00 bits per heavy atom. The quantitative estimate of drug-likeness (QED) is 0.488. The van der Waals surface area contributed by atoms with E-state index < -0.39 is 0 Å². The summed E-state index contributed by atoms with van der Waals surface area (Å²) in [5.41, 5.74) is 1.08. The molecule has 5 nitrogen and oxygen atoms in total. The molecule has 1 heterocycles. The minimum Gasteiger partial charge on any atom is -0.492 e. The standard InChI is InChI=1S/C16H22N4OS/c1-12-15(22-13(2)20-12)11-19-16(17-3)18-9-10-21-14-7-5-4-6-8-14/h4-8H,9-11H2,1-3H3,(H2,17,18,19). The van der Waals surface area contributed by atoms with Gasteiger partial charge in [-0.15, -0.1) is 11.3 Å². The lowest BCUT2D eigenvalue weighted by Crippen LogP contribution is -2.38. The van der Waals surface area contributed by atoms with Crippen LogP contribution in [0.25, 0.3) is 0 Å². The summed E-state index contributed by atoms with van der Waals surface area (Å²) in [6, 6.07) is 9.79. The molecule has 0 spiro atoms. The van der Waals surface area contributed by atoms with Crippen LogP contribution in [-0.2, 0) is 6.54 Å². The van der Waals surface area contributed by atoms with E-state index >= 15 is 0 Å². The SMILES string of the molecule is CN=C(NCCOc1ccccc1)NCc1sc(C)nc1C. The normalized spacial score (nSPS) is 11.3. The first-order valence-corrected chi connectivity index (χ1v) is 8.06. The van der Waals surface area contributed by atoms with E-state index in [0.717, 1.165) is 29.0 Å². The van der Waals surface area contributed by atoms with Crippen LogP contribution in [0, 0.1) is 13.8 Å². The molecule has 22 heavy (non-hydrogen) atoms. The van der Waals surface area contributed by atoms with Crippen molar-refractivity contribution in [1.82, 2.24) is 15.6 Å². The van der Waals surface area contributed by atoms with Gasteiger partial charge in [0.2, 0.25) is 0 Å². The van der Waals surface area contributed by atoms with Gasteiger partial charge < -0.3 is 15.4 Å². The van der Waals surface area contributed by atoms with E-state index in [1.165, 1.54) is 4.88 Å². The second kappa shape index (κ2) is 8.38. The van der Waals surface area contributed by atoms with Crippen molar-refractivity contribution in [2.45, 2.75) is 20.4 Å². The summed E-state index contributed by atoms with van der Waals surface area (Å²) in [4.78, 5) is 9.87. The highest BCUT2D eigenvalue weighted by Gasteiger charge is 2.05. The van der Waals surface area contributed by atoms with E-state index in [9.17, 15) is 0 Å². The van der Waals surface area contributed by atoms with Gasteiger partial charge >= 0.3 is 0 Å². The fraction of sp³-hybridized carbons (Fsp3) is 0.375. The van der Waals surface area contributed by atoms with Crippen LogP contribution >= 0.6 is 11.3 Å². The molecule has 0 saturated carbocycles. The third-order valence-corrected chi connectivity index (χ3v) is 4.12. The Balaban J connectivity index is 1.70. The molecule has 0 saturated heterocycles. The fourth-order valence-electron chi connectivity index (χ4n) is 1.98. The number of thiazole rings is 1. The zero-order valence-electron chi connectivity index (χ0n) is 13.2. The first-order chi connectivity index (χ1) is 10.7. The Bertz CT molecular complexity index is 610. The van der Waals surface area contributed by atoms with Crippen LogP contribution in [0.2, 0.25) is 0 Å². The summed E-state index contributed by atoms with van der Waals surface area (Å²) in [7, 11) is 1.76. The van der Waals surface area contributed by atoms with Crippen molar-refractivity contribution < 1.29 is 4.74 Å². The summed E-state index contributed by atoms with van der Waals surface area (Å²) >= 11 is 1.71. The second-order valence-corrected chi connectivity index (χ2v) is 6.04. The third kappa shape index (κ3) is 5.04. The number of para-hydroxylation sites is 1. The van der Waals surface area contributed by atoms with Crippen molar-refractivity contribution in [2.24, 2.45) is 4.99 Å². The molecule has 0 fully saturated rings. The van der Waals surface area contributed by atoms with Gasteiger partial charge in [-0.25, -0.2) is 4.98 Å². The summed E-state index contributed by atoms with van der Waals surface area (Å²) in [5.74, 6) is 1.64. The molecule has 0 atom stereocenters. The number of hydrogen-bond donors (Lipinski definition) is 2. The van der Waals surface area contributed by atoms with Gasteiger partial charge in [-0.05, 0) is 26.0 Å². The largest absolute Gasteiger partial charge is 0.492 e. The average Bonchev–Trinajstić information content (AvgIpc) is 2.85. The second-order valence-electron chi connectivity index (χ2n) is 4.76. The first kappa shape index (κ1) is 16.3. The number of aryl methyl sites for hydroxylation is 2. The molecule has 6 heteroatoms. The smallest absolute Gasteiger partial charge is 0.191 e. The minimum atomic E-state index is 0.587. The van der Waals surface area contributed by atoms with Crippen LogP contribution < -0.4 is 15.4 Å². The van der Waals surface area contributed by atoms with E-state index in [4.69, 9.17) is 4.74 Å². The molecule has 0 bridgehead atoms. The number of aromatic nitrogens is 1. The first-order valence-electron chi connectivity index (χ1n) is 7.24. The highest BCUT2D eigenvalue weighted by molar-refractivity contribution is 7.11. The molecule has 2 N–H and O–H groups in total. The van der Waals surface area contributed by atoms with Gasteiger partial charge in [0.05, 0.1) is 23.8 Å². The van der Waals surface area contributed by atoms with Gasteiger partial charge in [-0.3, -0.25) is 4.99 Å². The molecule has 1 aromatic heterocycles. The number of hydrogen-bond acceptors (Lipinski definition) is 4. The van der Waals surface area contributed by atoms with E-state index in [0.29, 0.717) is 13.2 Å². The number of nitrogens with zero attached hydrogens (tertiary/aromatic N) is 2. The van der Waals surface area contributed by atoms with Crippen LogP contribution in [0.5, 0.6) is 5.75 Å². The lowest BCUT2D eigenvalue weighted by Gasteiger charge is -2.12. The molecule has 2 rings (SSSR count). The van der Waals surface area contributed by atoms with E-state index in [2.05, 4.69) is 20.6 Å². The highest BCUT2D eigenvalue weighted by Crippen LogP contribution is 2.16. The number of rotatable bonds is 6. The maximum Gasteiger partial charge on any atom is 0.191 e. The Morgan fingerprint density at radius 3 is 2.64 bits per heavy atom. The van der Waals surface area contributed by atoms with Gasteiger partial charge in [0.1, 0.15) is 12.4 Å². The van der Waals surface area contributed by atoms with Crippen molar-refractivity contribution in [3.05, 3.63) is 45.9 Å². The number of guanidine groups is 1. The number of aliphatic imine (C=N–C) groups is 1. The van der Waals surface area contributed by atoms with Crippen molar-refractivity contribution in [1.29, 1.82) is 0 Å². The highest BCUT2D eigenvalue weighted by atomic mass is 32.1. The topological polar surface area (TPSA) is 58.5 Å². The van der Waals surface area contributed by atoms with Crippen molar-refractivity contribution >= 4 is 17.3 Å². The molecule has 0 aliphatic rings. The van der Waals surface area contributed by atoms with E-state index in [-0.39, 0.29) is 0 Å². The number of ether oxygens (including phenoxy) is 1. The predicted octanol–water partition coefficient (Wildman–Crippen LogP) is 2.50. The Morgan fingerprint density at radius 1 is 1.23 bits per heavy atom. The molecule has 2 aromatic rings. The molecule has 1 aromatic carbocycles. The van der Waals surface area contributed by atoms with Gasteiger partial charge in [0.25, 0.3) is 0 Å². The molecular weight excluding hydrogens is 296 g/mol. The molecular formula is C16H22N4OS. The van der Waals surface area contributed by atoms with Gasteiger partial charge in [0.15, 0.2) is 5.96 Å². The van der Waals surface area contributed by atoms with Crippen LogP contribution in [0.3, 0.4) is 0 Å². The Hall–Kier alpha value is -2.08. The number of nitrogens with one attached hydrogen (secondary N) is 2. The van der Waals surface area contributed by atoms with Crippen molar-refractivity contribution in [3.63, 3.8) is 0 Å². The zero-order valence-corrected chi connectivity index (χ0v) is 14.0. The van der Waals surface area contributed by atoms with Crippen LogP contribution in [-0.4, -0.2) is 31.1 Å². The van der Waals surface area contributed by atoms with Crippen LogP contribution in [0.4, 0.5) is 0 Å². The van der Waals surface area contributed by atoms with Gasteiger partial charge in [-0.1, -0.05) is 18.2 Å². The lowest BCUT2D eigenvalue weighted by molar-refractivity contribution is 0.322. The fourth-order valence-corrected chi connectivity index (χ4v) is 2.85. The van der Waals surface area contributed by atoms with E-state index in [1.807, 2.05) is 44.2 Å². The predicted molar refractivity (Wildman–Crippen MR) is 91.7 cm³/mol. The molecule has 0 unspecified atom stereocenters. The maximum absolute atomic E-state index is 5.63. The number of benzene rings is 1. The molecule has 0 radical (unpaired) electrons. The van der Waals surface area contributed by atoms with Crippen molar-refractivity contribution in [3.8, 4) is 5.75 Å². The molecule has 0 aliphatic carbocycles. The summed E-state index contributed by atoms with van der Waals surface area (Å²) in [6.07, 6.45) is 0. The zero-order chi connectivity index (χ0) is 15.8. The third-order valence-electron chi connectivity index (χ3n) is 3.05. The molecule has 0 amide bonds. The van der Waals surface area contributed by atoms with Crippen molar-refractivity contribution in [2.75, 3.05) is 20.2 Å². The van der Waals surface area contributed by atoms with Crippen LogP contribution in [0.1, 0.15) is 15.6 Å². The Labute approximate surface area is 135 Å². The summed E-state index contributed by atoms with van der Waals surface area (Å²) in [5, 5.41) is 7.62. The average molecular weight is 318 g/mol. The van der Waals surface area contributed by atoms with Gasteiger partial charge in [0, 0.05) is 11.9 Å². The maximum atomic E-state index is 5.63. The summed E-state index contributed by atoms with van der Waals surface area (Å²) in [6.45, 7) is 6.06. The lowest BCUT2D eigenvalue weighted by atomic mass is 10.3. The molecule has 118 valence electrons. The van der Waals surface area contributed by atoms with Gasteiger partial charge in [-0.2, -0.15) is 0 Å². The molecule has 0 aliphatic heterocycles. The Kier molecular flexibility index (Phi) is 6.21. The minimum absolute atomic E-state index is 0.587. The van der Waals surface area contributed by atoms with E-state index in [1.54, 1.807) is 18.4 Å². The summed E-state index contributed by atoms with van der Waals surface area (Å²) < 4.78 is 5.63. The van der Waals surface area contributed by atoms with Crippen LogP contribution in [0.15, 0.2) is 35.3 Å².